The molecule has 6 nitrogen and oxygen atoms in total. The highest BCUT2D eigenvalue weighted by Gasteiger charge is 2.65. The number of aromatic hydroxyl groups is 1. The second kappa shape index (κ2) is 8.76. The van der Waals surface area contributed by atoms with Crippen LogP contribution in [0.1, 0.15) is 47.3 Å². The molecule has 0 bridgehead atoms. The third-order valence-corrected chi connectivity index (χ3v) is 9.42. The minimum absolute atomic E-state index is 0.155. The van der Waals surface area contributed by atoms with Gasteiger partial charge in [-0.2, -0.15) is 0 Å². The van der Waals surface area contributed by atoms with Gasteiger partial charge in [-0.1, -0.05) is 37.6 Å². The fourth-order valence-corrected chi connectivity index (χ4v) is 7.01. The monoisotopic (exact) mass is 595 g/mol. The summed E-state index contributed by atoms with van der Waals surface area (Å²) in [4.78, 5) is 1.63. The normalized spacial score (nSPS) is 24.5. The molecule has 1 fully saturated rings. The molecule has 220 valence electrons. The molecular weight excluding hydrogens is 565 g/mol. The first-order valence-electron chi connectivity index (χ1n) is 13.1. The Kier molecular flexibility index (Phi) is 5.91. The quantitative estimate of drug-likeness (QED) is 0.178. The Hall–Kier alpha value is -3.48. The summed E-state index contributed by atoms with van der Waals surface area (Å²) >= 11 is 0. The van der Waals surface area contributed by atoms with Crippen molar-refractivity contribution in [3.8, 4) is 17.2 Å². The Bertz CT molecular complexity index is 1640. The summed E-state index contributed by atoms with van der Waals surface area (Å²) in [5.41, 5.74) is 3.59. The van der Waals surface area contributed by atoms with Crippen LogP contribution in [-0.4, -0.2) is 30.9 Å². The van der Waals surface area contributed by atoms with Crippen LogP contribution in [-0.2, 0) is 12.0 Å². The van der Waals surface area contributed by atoms with Crippen molar-refractivity contribution < 1.29 is 34.0 Å². The maximum atomic E-state index is 13.4. The van der Waals surface area contributed by atoms with Crippen molar-refractivity contribution in [2.45, 2.75) is 41.8 Å². The van der Waals surface area contributed by atoms with Gasteiger partial charge in [-0.05, 0) is 78.4 Å². The summed E-state index contributed by atoms with van der Waals surface area (Å²) in [6.07, 6.45) is 1.74. The zero-order valence-corrected chi connectivity index (χ0v) is 23.1. The molecule has 2 aliphatic rings. The number of H-pyrrole nitrogens is 1. The summed E-state index contributed by atoms with van der Waals surface area (Å²) in [7, 11) is -6.73. The third kappa shape index (κ3) is 4.98. The van der Waals surface area contributed by atoms with E-state index in [0.717, 1.165) is 46.3 Å². The second-order valence-corrected chi connectivity index (χ2v) is 13.2. The standard InChI is InChI=1S/C29H30F5N3O3S/c1-39-26-10-5-18(13-27(26)40-2)25-16-29(28-21(11-12-35-29)22-14-19(38)6-9-23(22)37-28)15-24(36-25)17-3-7-20(8-4-17)41(30,31,32,33)34/h3-10,13-14,24-25,35-38H,11-12,15-16H2,1-2H3/t24-,25+,29+/m1/s1. The molecule has 0 amide bonds. The van der Waals surface area contributed by atoms with Crippen molar-refractivity contribution in [1.29, 1.82) is 0 Å². The van der Waals surface area contributed by atoms with Crippen LogP contribution in [0.15, 0.2) is 65.6 Å². The zero-order chi connectivity index (χ0) is 29.3. The molecule has 1 spiro atoms. The van der Waals surface area contributed by atoms with Crippen molar-refractivity contribution in [3.05, 3.63) is 83.0 Å². The van der Waals surface area contributed by atoms with E-state index in [1.807, 2.05) is 18.2 Å². The van der Waals surface area contributed by atoms with Crippen molar-refractivity contribution >= 4 is 21.1 Å². The van der Waals surface area contributed by atoms with Crippen LogP contribution < -0.4 is 20.1 Å². The number of hydrogen-bond acceptors (Lipinski definition) is 5. The first-order chi connectivity index (χ1) is 19.2. The lowest BCUT2D eigenvalue weighted by atomic mass is 9.72. The van der Waals surface area contributed by atoms with Crippen LogP contribution in [0.4, 0.5) is 19.4 Å². The highest BCUT2D eigenvalue weighted by molar-refractivity contribution is 8.45. The molecule has 3 heterocycles. The third-order valence-electron chi connectivity index (χ3n) is 8.25. The summed E-state index contributed by atoms with van der Waals surface area (Å²) in [5.74, 6) is 1.24. The van der Waals surface area contributed by atoms with E-state index in [1.54, 1.807) is 25.3 Å². The first kappa shape index (κ1) is 27.7. The van der Waals surface area contributed by atoms with Crippen molar-refractivity contribution in [1.82, 2.24) is 15.6 Å². The van der Waals surface area contributed by atoms with Gasteiger partial charge in [0.15, 0.2) is 11.5 Å². The number of fused-ring (bicyclic) bond motifs is 4. The fraction of sp³-hybridized carbons (Fsp3) is 0.310. The molecule has 3 aromatic carbocycles. The molecule has 1 aromatic heterocycles. The van der Waals surface area contributed by atoms with E-state index < -0.39 is 26.7 Å². The first-order valence-corrected chi connectivity index (χ1v) is 15.1. The lowest BCUT2D eigenvalue weighted by Gasteiger charge is -2.48. The number of nitrogens with one attached hydrogen (secondary N) is 3. The maximum Gasteiger partial charge on any atom is 0.310 e. The number of rotatable bonds is 5. The van der Waals surface area contributed by atoms with Gasteiger partial charge in [0.25, 0.3) is 0 Å². The van der Waals surface area contributed by atoms with Gasteiger partial charge in [-0.15, -0.1) is 0 Å². The zero-order valence-electron chi connectivity index (χ0n) is 22.3. The Balaban J connectivity index is 1.46. The minimum Gasteiger partial charge on any atom is -0.508 e. The average molecular weight is 596 g/mol. The number of methoxy groups -OCH3 is 2. The number of phenolic OH excluding ortho intramolecular Hbond substituents is 1. The van der Waals surface area contributed by atoms with E-state index in [4.69, 9.17) is 9.47 Å². The molecule has 41 heavy (non-hydrogen) atoms. The van der Waals surface area contributed by atoms with Crippen LogP contribution in [0, 0.1) is 0 Å². The minimum atomic E-state index is -9.80. The fourth-order valence-electron chi connectivity index (χ4n) is 6.36. The molecule has 2 aliphatic heterocycles. The van der Waals surface area contributed by atoms with E-state index in [0.29, 0.717) is 48.6 Å². The number of hydrogen-bond donors (Lipinski definition) is 4. The molecule has 4 aromatic rings. The van der Waals surface area contributed by atoms with E-state index in [9.17, 15) is 24.5 Å². The largest absolute Gasteiger partial charge is 0.508 e. The average Bonchev–Trinajstić information content (AvgIpc) is 3.31. The van der Waals surface area contributed by atoms with E-state index in [-0.39, 0.29) is 11.8 Å². The highest BCUT2D eigenvalue weighted by atomic mass is 32.5. The predicted molar refractivity (Wildman–Crippen MR) is 149 cm³/mol. The Morgan fingerprint density at radius 3 is 2.15 bits per heavy atom. The van der Waals surface area contributed by atoms with E-state index >= 15 is 0 Å². The van der Waals surface area contributed by atoms with Crippen molar-refractivity contribution in [2.75, 3.05) is 20.8 Å². The number of ether oxygens (including phenoxy) is 2. The van der Waals surface area contributed by atoms with E-state index in [2.05, 4.69) is 15.6 Å². The Morgan fingerprint density at radius 2 is 1.49 bits per heavy atom. The van der Waals surface area contributed by atoms with Crippen LogP contribution in [0.5, 0.6) is 17.2 Å². The lowest BCUT2D eigenvalue weighted by Crippen LogP contribution is -2.55. The molecule has 1 saturated heterocycles. The number of benzene rings is 3. The predicted octanol–water partition coefficient (Wildman–Crippen LogP) is 7.76. The van der Waals surface area contributed by atoms with Gasteiger partial charge < -0.3 is 30.2 Å². The smallest absolute Gasteiger partial charge is 0.310 e. The molecule has 4 N–H and O–H groups in total. The molecule has 0 saturated carbocycles. The second-order valence-electron chi connectivity index (χ2n) is 10.8. The lowest BCUT2D eigenvalue weighted by molar-refractivity contribution is 0.152. The van der Waals surface area contributed by atoms with Gasteiger partial charge in [-0.25, -0.2) is 0 Å². The van der Waals surface area contributed by atoms with Gasteiger partial charge in [0.05, 0.1) is 19.8 Å². The van der Waals surface area contributed by atoms with Crippen LogP contribution >= 0.6 is 10.2 Å². The Labute approximate surface area is 233 Å². The molecule has 12 heteroatoms. The van der Waals surface area contributed by atoms with Gasteiger partial charge in [0.1, 0.15) is 10.6 Å². The maximum absolute atomic E-state index is 13.4. The number of phenols is 1. The summed E-state index contributed by atoms with van der Waals surface area (Å²) in [6, 6.07) is 13.1. The molecule has 6 rings (SSSR count). The van der Waals surface area contributed by atoms with Crippen LogP contribution in [0.2, 0.25) is 0 Å². The van der Waals surface area contributed by atoms with Crippen LogP contribution in [0.25, 0.3) is 10.9 Å². The SMILES string of the molecule is COc1ccc([C@@H]2C[C@]3(C[C@H](c4ccc(S(F)(F)(F)(F)F)cc4)N2)NCCc2c3[nH]c3ccc(O)cc23)cc1OC. The van der Waals surface area contributed by atoms with Crippen molar-refractivity contribution in [2.24, 2.45) is 0 Å². The summed E-state index contributed by atoms with van der Waals surface area (Å²) in [5, 5.41) is 18.3. The number of piperidine rings is 1. The molecule has 3 atom stereocenters. The molecule has 0 unspecified atom stereocenters. The van der Waals surface area contributed by atoms with E-state index in [1.165, 1.54) is 7.11 Å². The molecule has 0 radical (unpaired) electrons. The highest BCUT2D eigenvalue weighted by Crippen LogP contribution is 3.02. The van der Waals surface area contributed by atoms with Gasteiger partial charge in [-0.3, -0.25) is 0 Å². The Morgan fingerprint density at radius 1 is 0.829 bits per heavy atom. The number of aromatic amines is 1. The summed E-state index contributed by atoms with van der Waals surface area (Å²) < 4.78 is 78.2. The van der Waals surface area contributed by atoms with Gasteiger partial charge in [0, 0.05) is 35.2 Å². The molecule has 0 aliphatic carbocycles. The number of halogens is 5. The number of aromatic nitrogens is 1. The molecular formula is C29H30F5N3O3S. The van der Waals surface area contributed by atoms with Gasteiger partial charge in [0.2, 0.25) is 0 Å². The summed E-state index contributed by atoms with van der Waals surface area (Å²) in [6.45, 7) is 0.643. The van der Waals surface area contributed by atoms with Crippen LogP contribution in [0.3, 0.4) is 0 Å². The topological polar surface area (TPSA) is 78.5 Å². The van der Waals surface area contributed by atoms with Gasteiger partial charge >= 0.3 is 10.2 Å². The van der Waals surface area contributed by atoms with Crippen molar-refractivity contribution in [3.63, 3.8) is 0 Å².